The summed E-state index contributed by atoms with van der Waals surface area (Å²) in [5.41, 5.74) is 6.53. The molecule has 6 aromatic carbocycles. The van der Waals surface area contributed by atoms with Crippen molar-refractivity contribution < 1.29 is 9.47 Å². The summed E-state index contributed by atoms with van der Waals surface area (Å²) in [4.78, 5) is 4.47. The summed E-state index contributed by atoms with van der Waals surface area (Å²) in [5.74, 6) is 1.60. The van der Waals surface area contributed by atoms with Crippen molar-refractivity contribution in [1.82, 2.24) is 0 Å². The lowest BCUT2D eigenvalue weighted by Crippen LogP contribution is -2.31. The van der Waals surface area contributed by atoms with Crippen LogP contribution in [0.3, 0.4) is 0 Å². The van der Waals surface area contributed by atoms with Crippen LogP contribution in [0.1, 0.15) is 13.8 Å². The van der Waals surface area contributed by atoms with Crippen LogP contribution in [0.5, 0.6) is 11.5 Å². The van der Waals surface area contributed by atoms with Crippen LogP contribution in [0.25, 0.3) is 0 Å². The molecule has 0 fully saturated rings. The minimum absolute atomic E-state index is 0.162. The van der Waals surface area contributed by atoms with E-state index in [0.29, 0.717) is 0 Å². The average molecular weight is 577 g/mol. The maximum absolute atomic E-state index is 6.32. The first-order valence-electron chi connectivity index (χ1n) is 15.0. The molecule has 0 saturated carbocycles. The van der Waals surface area contributed by atoms with Gasteiger partial charge in [-0.25, -0.2) is 0 Å². The number of rotatable bonds is 11. The van der Waals surface area contributed by atoms with E-state index in [1.165, 1.54) is 0 Å². The van der Waals surface area contributed by atoms with Gasteiger partial charge in [0, 0.05) is 34.1 Å². The third-order valence-corrected chi connectivity index (χ3v) is 7.55. The molecule has 0 heterocycles. The SMILES string of the molecule is CC(Oc1ccc(N(c2ccccc2)c2ccccc2)cc1)C(C)Oc1ccc(N(c2ccccc2)c2ccccc2)cc1. The Morgan fingerprint density at radius 2 is 0.545 bits per heavy atom. The van der Waals surface area contributed by atoms with Crippen LogP contribution >= 0.6 is 0 Å². The molecule has 0 spiro atoms. The fourth-order valence-electron chi connectivity index (χ4n) is 5.17. The minimum Gasteiger partial charge on any atom is -0.487 e. The molecular weight excluding hydrogens is 540 g/mol. The quantitative estimate of drug-likeness (QED) is 0.153. The van der Waals surface area contributed by atoms with E-state index in [2.05, 4.69) is 131 Å². The van der Waals surface area contributed by atoms with Crippen molar-refractivity contribution in [2.75, 3.05) is 9.80 Å². The van der Waals surface area contributed by atoms with Crippen LogP contribution in [0, 0.1) is 0 Å². The topological polar surface area (TPSA) is 24.9 Å². The van der Waals surface area contributed by atoms with Gasteiger partial charge in [0.25, 0.3) is 0 Å². The van der Waals surface area contributed by atoms with E-state index in [4.69, 9.17) is 9.47 Å². The molecule has 0 saturated heterocycles. The van der Waals surface area contributed by atoms with E-state index in [1.54, 1.807) is 0 Å². The lowest BCUT2D eigenvalue weighted by Gasteiger charge is -2.27. The van der Waals surface area contributed by atoms with Gasteiger partial charge in [0.15, 0.2) is 0 Å². The third-order valence-electron chi connectivity index (χ3n) is 7.55. The molecule has 0 radical (unpaired) electrons. The Morgan fingerprint density at radius 1 is 0.318 bits per heavy atom. The zero-order valence-electron chi connectivity index (χ0n) is 25.0. The largest absolute Gasteiger partial charge is 0.487 e. The zero-order chi connectivity index (χ0) is 30.1. The van der Waals surface area contributed by atoms with E-state index in [0.717, 1.165) is 45.6 Å². The van der Waals surface area contributed by atoms with Gasteiger partial charge in [0.2, 0.25) is 0 Å². The smallest absolute Gasteiger partial charge is 0.132 e. The standard InChI is InChI=1S/C40H36N2O2/c1-31(43-39-27-23-37(24-28-39)41(33-15-7-3-8-16-33)34-17-9-4-10-18-34)32(2)44-40-29-25-38(26-30-40)42(35-19-11-5-12-20-35)36-21-13-6-14-22-36/h3-32H,1-2H3. The van der Waals surface area contributed by atoms with Gasteiger partial charge in [-0.1, -0.05) is 72.8 Å². The van der Waals surface area contributed by atoms with Crippen LogP contribution in [0.4, 0.5) is 34.1 Å². The van der Waals surface area contributed by atoms with Crippen molar-refractivity contribution in [2.24, 2.45) is 0 Å². The molecule has 0 aliphatic carbocycles. The highest BCUT2D eigenvalue weighted by Crippen LogP contribution is 2.36. The Labute approximate surface area is 260 Å². The first-order chi connectivity index (χ1) is 21.7. The first-order valence-corrected chi connectivity index (χ1v) is 15.0. The fraction of sp³-hybridized carbons (Fsp3) is 0.100. The van der Waals surface area contributed by atoms with Gasteiger partial charge in [-0.3, -0.25) is 0 Å². The molecule has 6 aromatic rings. The lowest BCUT2D eigenvalue weighted by molar-refractivity contribution is 0.0779. The molecule has 218 valence electrons. The normalized spacial score (nSPS) is 12.1. The Balaban J connectivity index is 1.12. The molecule has 4 nitrogen and oxygen atoms in total. The molecule has 2 atom stereocenters. The third kappa shape index (κ3) is 6.77. The average Bonchev–Trinajstić information content (AvgIpc) is 3.08. The molecule has 0 aliphatic heterocycles. The van der Waals surface area contributed by atoms with Crippen molar-refractivity contribution in [3.63, 3.8) is 0 Å². The number of nitrogens with zero attached hydrogens (tertiary/aromatic N) is 2. The lowest BCUT2D eigenvalue weighted by atomic mass is 10.2. The van der Waals surface area contributed by atoms with Gasteiger partial charge in [-0.05, 0) is 111 Å². The number of hydrogen-bond donors (Lipinski definition) is 0. The van der Waals surface area contributed by atoms with Crippen molar-refractivity contribution in [3.05, 3.63) is 170 Å². The second-order valence-corrected chi connectivity index (χ2v) is 10.6. The highest BCUT2D eigenvalue weighted by atomic mass is 16.5. The van der Waals surface area contributed by atoms with Crippen molar-refractivity contribution >= 4 is 34.1 Å². The molecule has 2 unspecified atom stereocenters. The van der Waals surface area contributed by atoms with Gasteiger partial charge in [-0.15, -0.1) is 0 Å². The van der Waals surface area contributed by atoms with E-state index in [9.17, 15) is 0 Å². The Hall–Kier alpha value is -5.48. The Bertz CT molecular complexity index is 1500. The van der Waals surface area contributed by atoms with Gasteiger partial charge in [-0.2, -0.15) is 0 Å². The van der Waals surface area contributed by atoms with E-state index in [1.807, 2.05) is 62.4 Å². The summed E-state index contributed by atoms with van der Waals surface area (Å²) in [7, 11) is 0. The summed E-state index contributed by atoms with van der Waals surface area (Å²) in [5, 5.41) is 0. The fourth-order valence-corrected chi connectivity index (χ4v) is 5.17. The summed E-state index contributed by atoms with van der Waals surface area (Å²) in [6.07, 6.45) is -0.324. The van der Waals surface area contributed by atoms with Crippen molar-refractivity contribution in [1.29, 1.82) is 0 Å². The number of para-hydroxylation sites is 4. The molecule has 4 heteroatoms. The molecule has 6 rings (SSSR count). The monoisotopic (exact) mass is 576 g/mol. The van der Waals surface area contributed by atoms with Gasteiger partial charge < -0.3 is 19.3 Å². The van der Waals surface area contributed by atoms with Crippen molar-refractivity contribution in [2.45, 2.75) is 26.1 Å². The highest BCUT2D eigenvalue weighted by Gasteiger charge is 2.18. The molecule has 0 amide bonds. The number of hydrogen-bond acceptors (Lipinski definition) is 4. The second-order valence-electron chi connectivity index (χ2n) is 10.6. The zero-order valence-corrected chi connectivity index (χ0v) is 25.0. The highest BCUT2D eigenvalue weighted by molar-refractivity contribution is 5.77. The van der Waals surface area contributed by atoms with E-state index in [-0.39, 0.29) is 12.2 Å². The maximum Gasteiger partial charge on any atom is 0.132 e. The molecule has 0 bridgehead atoms. The summed E-state index contributed by atoms with van der Waals surface area (Å²) in [6.45, 7) is 4.08. The van der Waals surface area contributed by atoms with Crippen LogP contribution < -0.4 is 19.3 Å². The number of benzene rings is 6. The Kier molecular flexibility index (Phi) is 8.89. The van der Waals surface area contributed by atoms with Gasteiger partial charge >= 0.3 is 0 Å². The van der Waals surface area contributed by atoms with E-state index >= 15 is 0 Å². The predicted octanol–water partition coefficient (Wildman–Crippen LogP) is 10.9. The molecule has 44 heavy (non-hydrogen) atoms. The second kappa shape index (κ2) is 13.7. The molecule has 0 N–H and O–H groups in total. The van der Waals surface area contributed by atoms with Gasteiger partial charge in [0.1, 0.15) is 23.7 Å². The van der Waals surface area contributed by atoms with Crippen LogP contribution in [-0.2, 0) is 0 Å². The minimum atomic E-state index is -0.162. The molecular formula is C40H36N2O2. The van der Waals surface area contributed by atoms with Crippen LogP contribution in [-0.4, -0.2) is 12.2 Å². The van der Waals surface area contributed by atoms with Gasteiger partial charge in [0.05, 0.1) is 0 Å². The summed E-state index contributed by atoms with van der Waals surface area (Å²) >= 11 is 0. The predicted molar refractivity (Wildman–Crippen MR) is 182 cm³/mol. The molecule has 0 aromatic heterocycles. The Morgan fingerprint density at radius 3 is 0.795 bits per heavy atom. The van der Waals surface area contributed by atoms with Crippen LogP contribution in [0.2, 0.25) is 0 Å². The first kappa shape index (κ1) is 28.6. The number of ether oxygens (including phenoxy) is 2. The summed E-state index contributed by atoms with van der Waals surface area (Å²) in [6, 6.07) is 58.0. The molecule has 0 aliphatic rings. The number of anilines is 6. The summed E-state index contributed by atoms with van der Waals surface area (Å²) < 4.78 is 12.6. The van der Waals surface area contributed by atoms with E-state index < -0.39 is 0 Å². The maximum atomic E-state index is 6.32. The van der Waals surface area contributed by atoms with Crippen molar-refractivity contribution in [3.8, 4) is 11.5 Å². The van der Waals surface area contributed by atoms with Crippen LogP contribution in [0.15, 0.2) is 170 Å².